The van der Waals surface area contributed by atoms with Gasteiger partial charge in [-0.25, -0.2) is 0 Å². The minimum absolute atomic E-state index is 0.206. The molecular weight excluding hydrogens is 120 g/mol. The van der Waals surface area contributed by atoms with Gasteiger partial charge in [0.25, 0.3) is 5.70 Å². The van der Waals surface area contributed by atoms with E-state index in [0.29, 0.717) is 6.54 Å². The molecule has 0 amide bonds. The van der Waals surface area contributed by atoms with Gasteiger partial charge < -0.3 is 0 Å². The Kier molecular flexibility index (Phi) is 1.48. The molecule has 1 aliphatic rings. The maximum absolute atomic E-state index is 10.0. The van der Waals surface area contributed by atoms with Crippen LogP contribution in [0, 0.1) is 16.7 Å². The van der Waals surface area contributed by atoms with Crippen LogP contribution in [0.3, 0.4) is 0 Å². The van der Waals surface area contributed by atoms with Crippen LogP contribution in [0.5, 0.6) is 0 Å². The number of likely N-dealkylation sites (N-methyl/N-ethyl adjacent to an activating group) is 1. The molecule has 0 aromatic carbocycles. The van der Waals surface area contributed by atoms with Gasteiger partial charge in [0.2, 0.25) is 0 Å². The highest BCUT2D eigenvalue weighted by molar-refractivity contribution is 5.09. The summed E-state index contributed by atoms with van der Waals surface area (Å²) in [6.45, 7) is 3.05. The van der Waals surface area contributed by atoms with Crippen LogP contribution in [0.25, 0.3) is 0 Å². The van der Waals surface area contributed by atoms with Crippen molar-refractivity contribution in [3.63, 3.8) is 0 Å². The summed E-state index contributed by atoms with van der Waals surface area (Å²) < 4.78 is 0. The summed E-state index contributed by atoms with van der Waals surface area (Å²) in [5, 5.41) is 10.0. The smallest absolute Gasteiger partial charge is 0.258 e. The van der Waals surface area contributed by atoms with E-state index < -0.39 is 4.92 Å². The number of hydrogen-bond acceptors (Lipinski definition) is 3. The van der Waals surface area contributed by atoms with Crippen LogP contribution < -0.4 is 0 Å². The Morgan fingerprint density at radius 2 is 2.67 bits per heavy atom. The van der Waals surface area contributed by atoms with Crippen molar-refractivity contribution in [3.05, 3.63) is 28.4 Å². The van der Waals surface area contributed by atoms with Crippen LogP contribution >= 0.6 is 0 Å². The molecule has 4 heteroatoms. The molecule has 0 aliphatic carbocycles. The Labute approximate surface area is 52.9 Å². The first-order valence-corrected chi connectivity index (χ1v) is 2.51. The van der Waals surface area contributed by atoms with E-state index in [1.807, 2.05) is 0 Å². The fourth-order valence-electron chi connectivity index (χ4n) is 0.629. The maximum atomic E-state index is 10.0. The zero-order chi connectivity index (χ0) is 6.85. The van der Waals surface area contributed by atoms with Crippen molar-refractivity contribution in [2.24, 2.45) is 0 Å². The third-order valence-electron chi connectivity index (χ3n) is 1.09. The first-order valence-electron chi connectivity index (χ1n) is 2.51. The van der Waals surface area contributed by atoms with Crippen molar-refractivity contribution >= 4 is 0 Å². The molecular formula is C5H6N2O2. The number of hydrogen-bond donors (Lipinski definition) is 0. The topological polar surface area (TPSA) is 46.4 Å². The Hall–Kier alpha value is -0.900. The van der Waals surface area contributed by atoms with Gasteiger partial charge in [-0.2, -0.15) is 0 Å². The van der Waals surface area contributed by atoms with Gasteiger partial charge in [0.1, 0.15) is 0 Å². The lowest BCUT2D eigenvalue weighted by molar-refractivity contribution is -0.426. The molecule has 4 nitrogen and oxygen atoms in total. The van der Waals surface area contributed by atoms with Crippen molar-refractivity contribution in [2.45, 2.75) is 0 Å². The fraction of sp³-hybridized carbons (Fsp3) is 0.400. The summed E-state index contributed by atoms with van der Waals surface area (Å²) in [5.41, 5.74) is 0.206. The SMILES string of the molecule is CN1[C]C=C([N+](=O)[O-])C1. The Bertz CT molecular complexity index is 164. The lowest BCUT2D eigenvalue weighted by Crippen LogP contribution is -2.13. The zero-order valence-corrected chi connectivity index (χ0v) is 5.00. The lowest BCUT2D eigenvalue weighted by Gasteiger charge is -2.00. The van der Waals surface area contributed by atoms with E-state index in [0.717, 1.165) is 0 Å². The van der Waals surface area contributed by atoms with Crippen molar-refractivity contribution in [1.82, 2.24) is 4.90 Å². The highest BCUT2D eigenvalue weighted by Gasteiger charge is 2.19. The van der Waals surface area contributed by atoms with Crippen molar-refractivity contribution in [2.75, 3.05) is 13.6 Å². The van der Waals surface area contributed by atoms with E-state index in [-0.39, 0.29) is 5.70 Å². The average Bonchev–Trinajstić information content (AvgIpc) is 2.14. The molecule has 0 spiro atoms. The van der Waals surface area contributed by atoms with Crippen LogP contribution in [-0.4, -0.2) is 23.4 Å². The highest BCUT2D eigenvalue weighted by Crippen LogP contribution is 2.09. The summed E-state index contributed by atoms with van der Waals surface area (Å²) >= 11 is 0. The van der Waals surface area contributed by atoms with E-state index in [9.17, 15) is 10.1 Å². The average molecular weight is 126 g/mol. The van der Waals surface area contributed by atoms with Crippen molar-refractivity contribution in [1.29, 1.82) is 0 Å². The summed E-state index contributed by atoms with van der Waals surface area (Å²) in [6, 6.07) is 0. The largest absolute Gasteiger partial charge is 0.283 e. The first-order chi connectivity index (χ1) is 4.20. The standard InChI is InChI=1S/C5H6N2O2/c1-6-3-2-5(4-6)7(8)9/h2H,4H2,1H3. The normalized spacial score (nSPS) is 19.9. The molecule has 9 heavy (non-hydrogen) atoms. The van der Waals surface area contributed by atoms with E-state index in [4.69, 9.17) is 0 Å². The van der Waals surface area contributed by atoms with Crippen LogP contribution in [0.1, 0.15) is 0 Å². The van der Waals surface area contributed by atoms with Gasteiger partial charge in [-0.15, -0.1) is 0 Å². The predicted molar refractivity (Wildman–Crippen MR) is 31.0 cm³/mol. The maximum Gasteiger partial charge on any atom is 0.258 e. The van der Waals surface area contributed by atoms with Gasteiger partial charge in [-0.05, 0) is 7.05 Å². The summed E-state index contributed by atoms with van der Waals surface area (Å²) in [6.07, 6.45) is 1.39. The summed E-state index contributed by atoms with van der Waals surface area (Å²) in [7, 11) is 1.74. The van der Waals surface area contributed by atoms with Crippen molar-refractivity contribution in [3.8, 4) is 0 Å². The molecule has 0 aromatic rings. The Morgan fingerprint density at radius 3 is 2.89 bits per heavy atom. The minimum Gasteiger partial charge on any atom is -0.283 e. The molecule has 48 valence electrons. The monoisotopic (exact) mass is 126 g/mol. The van der Waals surface area contributed by atoms with Crippen molar-refractivity contribution < 1.29 is 4.92 Å². The third-order valence-corrected chi connectivity index (χ3v) is 1.09. The molecule has 0 saturated heterocycles. The molecule has 0 aromatic heterocycles. The molecule has 1 aliphatic heterocycles. The molecule has 0 unspecified atom stereocenters. The quantitative estimate of drug-likeness (QED) is 0.370. The first kappa shape index (κ1) is 6.22. The fourth-order valence-corrected chi connectivity index (χ4v) is 0.629. The molecule has 0 bridgehead atoms. The van der Waals surface area contributed by atoms with Gasteiger partial charge in [-0.1, -0.05) is 0 Å². The number of nitro groups is 1. The molecule has 1 rings (SSSR count). The van der Waals surface area contributed by atoms with Crippen LogP contribution in [-0.2, 0) is 0 Å². The molecule has 0 atom stereocenters. The van der Waals surface area contributed by atoms with E-state index in [1.54, 1.807) is 11.9 Å². The minimum atomic E-state index is -0.392. The second-order valence-corrected chi connectivity index (χ2v) is 1.88. The van der Waals surface area contributed by atoms with E-state index >= 15 is 0 Å². The van der Waals surface area contributed by atoms with Crippen LogP contribution in [0.2, 0.25) is 0 Å². The van der Waals surface area contributed by atoms with Crippen LogP contribution in [0.4, 0.5) is 0 Å². The predicted octanol–water partition coefficient (Wildman–Crippen LogP) is 0.131. The second-order valence-electron chi connectivity index (χ2n) is 1.88. The second kappa shape index (κ2) is 2.14. The molecule has 1 heterocycles. The lowest BCUT2D eigenvalue weighted by atomic mass is 10.5. The molecule has 0 N–H and O–H groups in total. The Balaban J connectivity index is 2.55. The van der Waals surface area contributed by atoms with E-state index in [1.165, 1.54) is 6.08 Å². The Morgan fingerprint density at radius 1 is 2.00 bits per heavy atom. The van der Waals surface area contributed by atoms with Gasteiger partial charge in [0.15, 0.2) is 0 Å². The third kappa shape index (κ3) is 1.26. The summed E-state index contributed by atoms with van der Waals surface area (Å²) in [5.74, 6) is 0. The highest BCUT2D eigenvalue weighted by atomic mass is 16.6. The number of nitrogens with zero attached hydrogens (tertiary/aromatic N) is 2. The van der Waals surface area contributed by atoms with Gasteiger partial charge >= 0.3 is 0 Å². The molecule has 2 radical (unpaired) electrons. The molecule has 0 fully saturated rings. The van der Waals surface area contributed by atoms with Crippen LogP contribution in [0.15, 0.2) is 11.8 Å². The van der Waals surface area contributed by atoms with Gasteiger partial charge in [-0.3, -0.25) is 15.0 Å². The van der Waals surface area contributed by atoms with Gasteiger partial charge in [0, 0.05) is 6.08 Å². The van der Waals surface area contributed by atoms with E-state index in [2.05, 4.69) is 6.54 Å². The summed E-state index contributed by atoms with van der Waals surface area (Å²) in [4.78, 5) is 11.3. The number of rotatable bonds is 1. The molecule has 0 saturated carbocycles. The van der Waals surface area contributed by atoms with Gasteiger partial charge in [0.05, 0.1) is 18.0 Å². The zero-order valence-electron chi connectivity index (χ0n) is 5.00.